The Morgan fingerprint density at radius 1 is 1.17 bits per heavy atom. The van der Waals surface area contributed by atoms with Crippen molar-refractivity contribution in [2.75, 3.05) is 4.43 Å². The van der Waals surface area contributed by atoms with Crippen molar-refractivity contribution < 1.29 is 34.1 Å². The van der Waals surface area contributed by atoms with Crippen molar-refractivity contribution in [2.24, 2.45) is 0 Å². The van der Waals surface area contributed by atoms with Gasteiger partial charge in [-0.2, -0.15) is 0 Å². The van der Waals surface area contributed by atoms with E-state index in [1.165, 1.54) is 23.7 Å². The predicted octanol–water partition coefficient (Wildman–Crippen LogP) is -0.603. The number of aliphatic hydroxyl groups is 2. The Bertz CT molecular complexity index is 250. The first-order valence-electron chi connectivity index (χ1n) is 5.45. The van der Waals surface area contributed by atoms with Crippen LogP contribution in [0.1, 0.15) is 26.2 Å². The van der Waals surface area contributed by atoms with E-state index in [4.69, 9.17) is 15.2 Å². The largest absolute Gasteiger partial charge is 0.789 e. The van der Waals surface area contributed by atoms with Gasteiger partial charge in [0.1, 0.15) is 0 Å². The lowest BCUT2D eigenvalue weighted by Gasteiger charge is -2.07. The molecule has 9 heteroatoms. The maximum absolute atomic E-state index is 10.6. The Labute approximate surface area is 119 Å². The van der Waals surface area contributed by atoms with Crippen LogP contribution in [-0.2, 0) is 18.9 Å². The van der Waals surface area contributed by atoms with Crippen LogP contribution < -0.4 is 0 Å². The van der Waals surface area contributed by atoms with Crippen molar-refractivity contribution in [3.8, 4) is 0 Å². The van der Waals surface area contributed by atoms with Gasteiger partial charge in [0.05, 0.1) is 0 Å². The van der Waals surface area contributed by atoms with Gasteiger partial charge in [-0.05, 0) is 10.8 Å². The Morgan fingerprint density at radius 3 is 1.89 bits per heavy atom. The van der Waals surface area contributed by atoms with E-state index >= 15 is 0 Å². The minimum Gasteiger partial charge on any atom is -0.472 e. The molecule has 1 aliphatic rings. The molecule has 1 saturated heterocycles. The maximum Gasteiger partial charge on any atom is 0.789 e. The monoisotopic (exact) mass is 374 g/mol. The molecule has 0 aromatic heterocycles. The summed E-state index contributed by atoms with van der Waals surface area (Å²) in [7, 11) is -2.07. The smallest absolute Gasteiger partial charge is 0.472 e. The number of halogens is 1. The molecule has 1 rings (SSSR count). The van der Waals surface area contributed by atoms with Gasteiger partial charge in [0, 0.05) is 0 Å². The van der Waals surface area contributed by atoms with E-state index in [-0.39, 0.29) is 0 Å². The number of rotatable bonds is 3. The van der Waals surface area contributed by atoms with Crippen molar-refractivity contribution in [3.05, 3.63) is 0 Å². The molecule has 1 aliphatic heterocycles. The Kier molecular flexibility index (Phi) is 9.33. The van der Waals surface area contributed by atoms with Crippen LogP contribution >= 0.6 is 22.6 Å². The molecule has 18 heavy (non-hydrogen) atoms. The van der Waals surface area contributed by atoms with Crippen molar-refractivity contribution in [1.29, 1.82) is 0 Å². The molecule has 0 amide bonds. The number of hydrogen-bond acceptors (Lipinski definition) is 7. The zero-order valence-electron chi connectivity index (χ0n) is 9.91. The third-order valence-corrected chi connectivity index (χ3v) is 2.72. The molecule has 0 bridgehead atoms. The molecule has 1 fully saturated rings. The molecule has 2 atom stereocenters. The van der Waals surface area contributed by atoms with Gasteiger partial charge in [-0.3, -0.25) is 9.59 Å². The average molecular weight is 374 g/mol. The summed E-state index contributed by atoms with van der Waals surface area (Å²) in [5.74, 6) is -2.64. The Hall–Kier alpha value is -0.385. The van der Waals surface area contributed by atoms with Crippen molar-refractivity contribution >= 4 is 41.9 Å². The number of alkyl halides is 1. The molecule has 3 N–H and O–H groups in total. The van der Waals surface area contributed by atoms with Crippen LogP contribution in [0.3, 0.4) is 0 Å². The van der Waals surface area contributed by atoms with Crippen LogP contribution in [0.25, 0.3) is 0 Å². The maximum atomic E-state index is 10.6. The minimum atomic E-state index is -2.07. The quantitative estimate of drug-likeness (QED) is 0.262. The highest BCUT2D eigenvalue weighted by Crippen LogP contribution is 2.06. The summed E-state index contributed by atoms with van der Waals surface area (Å²) >= 11 is 2.41. The molecular formula is C9H16BIO7. The number of unbranched alkanes of at least 4 members (excludes halogenated alkanes) is 2. The zero-order chi connectivity index (χ0) is 14.1. The summed E-state index contributed by atoms with van der Waals surface area (Å²) in [5.41, 5.74) is 0. The van der Waals surface area contributed by atoms with Gasteiger partial charge < -0.3 is 24.5 Å². The highest BCUT2D eigenvalue weighted by atomic mass is 127. The molecule has 104 valence electrons. The molecule has 0 aromatic carbocycles. The van der Waals surface area contributed by atoms with Gasteiger partial charge >= 0.3 is 19.3 Å². The van der Waals surface area contributed by atoms with E-state index in [0.29, 0.717) is 0 Å². The fourth-order valence-corrected chi connectivity index (χ4v) is 1.50. The van der Waals surface area contributed by atoms with E-state index in [0.717, 1.165) is 0 Å². The van der Waals surface area contributed by atoms with E-state index in [1.54, 1.807) is 0 Å². The summed E-state index contributed by atoms with van der Waals surface area (Å²) < 4.78 is 9.18. The first-order chi connectivity index (χ1) is 8.43. The van der Waals surface area contributed by atoms with Crippen LogP contribution in [0, 0.1) is 0 Å². The second-order valence-electron chi connectivity index (χ2n) is 3.47. The third-order valence-electron chi connectivity index (χ3n) is 1.95. The van der Waals surface area contributed by atoms with Crippen molar-refractivity contribution in [1.82, 2.24) is 0 Å². The van der Waals surface area contributed by atoms with Crippen LogP contribution in [-0.4, -0.2) is 51.1 Å². The predicted molar refractivity (Wildman–Crippen MR) is 70.6 cm³/mol. The highest BCUT2D eigenvalue weighted by Gasteiger charge is 2.42. The second kappa shape index (κ2) is 9.53. The van der Waals surface area contributed by atoms with E-state index in [2.05, 4.69) is 38.8 Å². The van der Waals surface area contributed by atoms with Crippen LogP contribution in [0.15, 0.2) is 0 Å². The Balaban J connectivity index is 0.000000411. The first kappa shape index (κ1) is 17.6. The molecule has 0 spiro atoms. The lowest BCUT2D eigenvalue weighted by atomic mass is 10.2. The van der Waals surface area contributed by atoms with Crippen LogP contribution in [0.5, 0.6) is 0 Å². The SMILES string of the molecule is CCCCCI.O=C1OB(O)OC(=O)C(O)C1O. The molecule has 1 heterocycles. The van der Waals surface area contributed by atoms with E-state index in [1.807, 2.05) is 0 Å². The van der Waals surface area contributed by atoms with Crippen molar-refractivity contribution in [3.63, 3.8) is 0 Å². The fourth-order valence-electron chi connectivity index (χ4n) is 0.965. The number of carbonyl (C=O) groups is 2. The molecule has 0 aromatic rings. The normalized spacial score (nSPS) is 23.5. The zero-order valence-corrected chi connectivity index (χ0v) is 12.1. The van der Waals surface area contributed by atoms with E-state index in [9.17, 15) is 9.59 Å². The standard InChI is InChI=1S/C5H11I.C4H5BO7/c1-2-3-4-5-6;6-1-2(7)4(9)12-5(10)11-3(1)8/h2-5H2,1H3;1-2,6-7,10H. The Morgan fingerprint density at radius 2 is 1.61 bits per heavy atom. The molecule has 7 nitrogen and oxygen atoms in total. The van der Waals surface area contributed by atoms with Gasteiger partial charge in [-0.25, -0.2) is 0 Å². The lowest BCUT2D eigenvalue weighted by Crippen LogP contribution is -2.38. The van der Waals surface area contributed by atoms with Gasteiger partial charge in [-0.15, -0.1) is 0 Å². The molecule has 0 aliphatic carbocycles. The molecule has 0 radical (unpaired) electrons. The molecule has 2 unspecified atom stereocenters. The fraction of sp³-hybridized carbons (Fsp3) is 0.778. The minimum absolute atomic E-state index is 1.32. The lowest BCUT2D eigenvalue weighted by molar-refractivity contribution is -0.156. The van der Waals surface area contributed by atoms with Gasteiger partial charge in [-0.1, -0.05) is 42.4 Å². The van der Waals surface area contributed by atoms with Crippen molar-refractivity contribution in [2.45, 2.75) is 38.4 Å². The highest BCUT2D eigenvalue weighted by molar-refractivity contribution is 14.1. The number of carbonyl (C=O) groups excluding carboxylic acids is 2. The van der Waals surface area contributed by atoms with Crippen LogP contribution in [0.4, 0.5) is 0 Å². The second-order valence-corrected chi connectivity index (χ2v) is 4.55. The number of hydrogen-bond donors (Lipinski definition) is 3. The third kappa shape index (κ3) is 6.52. The number of aliphatic hydroxyl groups excluding tert-OH is 2. The van der Waals surface area contributed by atoms with E-state index < -0.39 is 31.5 Å². The average Bonchev–Trinajstić information content (AvgIpc) is 2.41. The topological polar surface area (TPSA) is 113 Å². The van der Waals surface area contributed by atoms with Gasteiger partial charge in [0.2, 0.25) is 0 Å². The summed E-state index contributed by atoms with van der Waals surface area (Å²) in [5, 5.41) is 26.1. The molecule has 0 saturated carbocycles. The first-order valence-corrected chi connectivity index (χ1v) is 6.97. The van der Waals surface area contributed by atoms with Crippen LogP contribution in [0.2, 0.25) is 0 Å². The summed E-state index contributed by atoms with van der Waals surface area (Å²) in [6.45, 7) is 2.23. The molecular weight excluding hydrogens is 358 g/mol. The van der Waals surface area contributed by atoms with Gasteiger partial charge in [0.25, 0.3) is 0 Å². The van der Waals surface area contributed by atoms with Gasteiger partial charge in [0.15, 0.2) is 12.2 Å². The summed E-state index contributed by atoms with van der Waals surface area (Å²) in [6, 6.07) is 0. The summed E-state index contributed by atoms with van der Waals surface area (Å²) in [6.07, 6.45) is 0.118. The summed E-state index contributed by atoms with van der Waals surface area (Å²) in [4.78, 5) is 21.1.